The molecule has 0 atom stereocenters. The monoisotopic (exact) mass is 187 g/mol. The minimum Gasteiger partial charge on any atom is -0.213 e. The van der Waals surface area contributed by atoms with Crippen molar-refractivity contribution in [1.29, 1.82) is 0 Å². The number of rotatable bonds is 4. The fraction of sp³-hybridized carbons (Fsp3) is 1.00. The normalized spacial score (nSPS) is 13.5. The second-order valence-corrected chi connectivity index (χ2v) is 4.14. The second kappa shape index (κ2) is 3.44. The molecule has 0 saturated heterocycles. The summed E-state index contributed by atoms with van der Waals surface area (Å²) in [6.45, 7) is 0.478. The summed E-state index contributed by atoms with van der Waals surface area (Å²) in [6.07, 6.45) is 0.480. The Morgan fingerprint density at radius 2 is 1.91 bits per heavy atom. The molecule has 0 rings (SSSR count). The van der Waals surface area contributed by atoms with Crippen LogP contribution in [-0.4, -0.2) is 27.1 Å². The average Bonchev–Trinajstić information content (AvgIpc) is 1.83. The summed E-state index contributed by atoms with van der Waals surface area (Å²) in [7, 11) is -3.50. The second-order valence-electron chi connectivity index (χ2n) is 2.30. The van der Waals surface area contributed by atoms with Gasteiger partial charge in [0.1, 0.15) is 0 Å². The lowest BCUT2D eigenvalue weighted by Gasteiger charge is -2.12. The molecule has 68 valence electrons. The molecule has 0 amide bonds. The quantitative estimate of drug-likeness (QED) is 0.699. The lowest BCUT2D eigenvalue weighted by Crippen LogP contribution is -2.35. The summed E-state index contributed by atoms with van der Waals surface area (Å²) in [5.74, 6) is -2.94. The van der Waals surface area contributed by atoms with Crippen LogP contribution in [0.15, 0.2) is 0 Å². The van der Waals surface area contributed by atoms with Crippen LogP contribution in [0, 0.1) is 0 Å². The van der Waals surface area contributed by atoms with Crippen molar-refractivity contribution in [2.75, 3.05) is 12.8 Å². The molecule has 0 aliphatic carbocycles. The molecule has 3 nitrogen and oxygen atoms in total. The van der Waals surface area contributed by atoms with Crippen LogP contribution in [0.2, 0.25) is 0 Å². The highest BCUT2D eigenvalue weighted by molar-refractivity contribution is 7.88. The van der Waals surface area contributed by atoms with E-state index in [4.69, 9.17) is 0 Å². The topological polar surface area (TPSA) is 46.2 Å². The molecule has 0 saturated carbocycles. The molecular formula is C5H11F2NO2S. The Hall–Kier alpha value is -0.230. The first-order valence-electron chi connectivity index (χ1n) is 3.09. The van der Waals surface area contributed by atoms with E-state index in [9.17, 15) is 17.2 Å². The predicted molar refractivity (Wildman–Crippen MR) is 38.1 cm³/mol. The molecule has 0 heterocycles. The van der Waals surface area contributed by atoms with Gasteiger partial charge in [-0.1, -0.05) is 6.92 Å². The van der Waals surface area contributed by atoms with E-state index < -0.39 is 22.5 Å². The zero-order valence-electron chi connectivity index (χ0n) is 6.39. The van der Waals surface area contributed by atoms with E-state index in [2.05, 4.69) is 0 Å². The number of nitrogens with one attached hydrogen (secondary N) is 1. The maximum atomic E-state index is 12.4. The minimum atomic E-state index is -3.50. The molecule has 0 radical (unpaired) electrons. The van der Waals surface area contributed by atoms with Crippen LogP contribution < -0.4 is 4.72 Å². The molecule has 0 aromatic carbocycles. The van der Waals surface area contributed by atoms with Gasteiger partial charge in [-0.15, -0.1) is 0 Å². The highest BCUT2D eigenvalue weighted by Gasteiger charge is 2.26. The minimum absolute atomic E-state index is 0.366. The largest absolute Gasteiger partial charge is 0.261 e. The smallest absolute Gasteiger partial charge is 0.213 e. The third-order valence-electron chi connectivity index (χ3n) is 1.11. The van der Waals surface area contributed by atoms with Gasteiger partial charge in [0, 0.05) is 6.42 Å². The Balaban J connectivity index is 3.90. The summed E-state index contributed by atoms with van der Waals surface area (Å²) in [4.78, 5) is 0. The molecule has 6 heteroatoms. The van der Waals surface area contributed by atoms with Crippen LogP contribution >= 0.6 is 0 Å². The van der Waals surface area contributed by atoms with Gasteiger partial charge in [0.25, 0.3) is 5.92 Å². The van der Waals surface area contributed by atoms with Gasteiger partial charge in [-0.05, 0) is 0 Å². The van der Waals surface area contributed by atoms with Crippen molar-refractivity contribution in [3.05, 3.63) is 0 Å². The Morgan fingerprint density at radius 3 is 2.18 bits per heavy atom. The number of sulfonamides is 1. The van der Waals surface area contributed by atoms with Crippen LogP contribution in [0.25, 0.3) is 0 Å². The zero-order valence-corrected chi connectivity index (χ0v) is 7.21. The number of halogens is 2. The Morgan fingerprint density at radius 1 is 1.45 bits per heavy atom. The molecule has 11 heavy (non-hydrogen) atoms. The van der Waals surface area contributed by atoms with Gasteiger partial charge in [-0.3, -0.25) is 0 Å². The average molecular weight is 187 g/mol. The van der Waals surface area contributed by atoms with Crippen molar-refractivity contribution < 1.29 is 17.2 Å². The van der Waals surface area contributed by atoms with Crippen molar-refractivity contribution in [1.82, 2.24) is 4.72 Å². The molecule has 0 fully saturated rings. The van der Waals surface area contributed by atoms with Gasteiger partial charge < -0.3 is 0 Å². The first kappa shape index (κ1) is 10.8. The maximum Gasteiger partial charge on any atom is 0.261 e. The third kappa shape index (κ3) is 6.18. The van der Waals surface area contributed by atoms with Gasteiger partial charge in [-0.25, -0.2) is 21.9 Å². The molecule has 1 N–H and O–H groups in total. The van der Waals surface area contributed by atoms with Gasteiger partial charge in [0.15, 0.2) is 0 Å². The molecule has 0 unspecified atom stereocenters. The summed E-state index contributed by atoms with van der Waals surface area (Å²) in [6, 6.07) is 0. The Labute approximate surface area is 64.8 Å². The SMILES string of the molecule is CCC(F)(F)CNS(C)(=O)=O. The summed E-state index contributed by atoms with van der Waals surface area (Å²) < 4.78 is 47.1. The fourth-order valence-electron chi connectivity index (χ4n) is 0.362. The van der Waals surface area contributed by atoms with Crippen LogP contribution in [0.5, 0.6) is 0 Å². The first-order chi connectivity index (χ1) is 4.77. The summed E-state index contributed by atoms with van der Waals surface area (Å²) >= 11 is 0. The van der Waals surface area contributed by atoms with E-state index in [-0.39, 0.29) is 6.42 Å². The van der Waals surface area contributed by atoms with Crippen LogP contribution in [0.1, 0.15) is 13.3 Å². The maximum absolute atomic E-state index is 12.4. The fourth-order valence-corrected chi connectivity index (χ4v) is 0.835. The molecule has 0 bridgehead atoms. The molecule has 0 spiro atoms. The highest BCUT2D eigenvalue weighted by Crippen LogP contribution is 2.15. The van der Waals surface area contributed by atoms with E-state index in [0.29, 0.717) is 0 Å². The van der Waals surface area contributed by atoms with Crippen molar-refractivity contribution >= 4 is 10.0 Å². The number of alkyl halides is 2. The summed E-state index contributed by atoms with van der Waals surface area (Å²) in [5, 5.41) is 0. The van der Waals surface area contributed by atoms with Crippen molar-refractivity contribution in [2.45, 2.75) is 19.3 Å². The lowest BCUT2D eigenvalue weighted by molar-refractivity contribution is 0.00347. The molecule has 0 aromatic rings. The Kier molecular flexibility index (Phi) is 3.37. The van der Waals surface area contributed by atoms with Crippen molar-refractivity contribution in [3.8, 4) is 0 Å². The van der Waals surface area contributed by atoms with Crippen molar-refractivity contribution in [2.24, 2.45) is 0 Å². The third-order valence-corrected chi connectivity index (χ3v) is 1.78. The van der Waals surface area contributed by atoms with Gasteiger partial charge >= 0.3 is 0 Å². The van der Waals surface area contributed by atoms with E-state index in [1.54, 1.807) is 4.72 Å². The van der Waals surface area contributed by atoms with E-state index >= 15 is 0 Å². The van der Waals surface area contributed by atoms with Crippen molar-refractivity contribution in [3.63, 3.8) is 0 Å². The first-order valence-corrected chi connectivity index (χ1v) is 4.98. The van der Waals surface area contributed by atoms with Crippen LogP contribution in [-0.2, 0) is 10.0 Å². The van der Waals surface area contributed by atoms with Gasteiger partial charge in [-0.2, -0.15) is 0 Å². The van der Waals surface area contributed by atoms with Gasteiger partial charge in [0.2, 0.25) is 10.0 Å². The number of hydrogen-bond donors (Lipinski definition) is 1. The van der Waals surface area contributed by atoms with E-state index in [1.807, 2.05) is 0 Å². The van der Waals surface area contributed by atoms with Gasteiger partial charge in [0.05, 0.1) is 12.8 Å². The summed E-state index contributed by atoms with van der Waals surface area (Å²) in [5.41, 5.74) is 0. The Bertz CT molecular complexity index is 213. The predicted octanol–water partition coefficient (Wildman–Crippen LogP) is 0.581. The standard InChI is InChI=1S/C5H11F2NO2S/c1-3-5(6,7)4-8-11(2,9)10/h8H,3-4H2,1-2H3. The van der Waals surface area contributed by atoms with Crippen LogP contribution in [0.4, 0.5) is 8.78 Å². The molecule has 0 aromatic heterocycles. The number of hydrogen-bond acceptors (Lipinski definition) is 2. The molecule has 0 aliphatic rings. The molecular weight excluding hydrogens is 176 g/mol. The molecule has 0 aliphatic heterocycles. The lowest BCUT2D eigenvalue weighted by atomic mass is 10.3. The zero-order chi connectivity index (χ0) is 9.12. The van der Waals surface area contributed by atoms with E-state index in [0.717, 1.165) is 6.26 Å². The highest BCUT2D eigenvalue weighted by atomic mass is 32.2. The van der Waals surface area contributed by atoms with E-state index in [1.165, 1.54) is 6.92 Å². The van der Waals surface area contributed by atoms with Crippen LogP contribution in [0.3, 0.4) is 0 Å².